The van der Waals surface area contributed by atoms with Crippen molar-refractivity contribution in [3.63, 3.8) is 0 Å². The van der Waals surface area contributed by atoms with E-state index in [1.54, 1.807) is 7.11 Å². The molecule has 3 atom stereocenters. The van der Waals surface area contributed by atoms with Crippen LogP contribution in [0.1, 0.15) is 38.2 Å². The fourth-order valence-electron chi connectivity index (χ4n) is 5.26. The molecule has 0 spiro atoms. The van der Waals surface area contributed by atoms with E-state index >= 15 is 0 Å². The van der Waals surface area contributed by atoms with Crippen molar-refractivity contribution in [1.82, 2.24) is 9.80 Å². The van der Waals surface area contributed by atoms with Crippen molar-refractivity contribution in [1.29, 1.82) is 0 Å². The Morgan fingerprint density at radius 1 is 1.04 bits per heavy atom. The number of rotatable bonds is 6. The van der Waals surface area contributed by atoms with Gasteiger partial charge in [0.1, 0.15) is 0 Å². The molecule has 2 saturated carbocycles. The minimum Gasteiger partial charge on any atom is -0.493 e. The SMILES string of the molecule is CCOc1cc(CN2CCN([C@H]3C[C@H]4CC[C@@H]3C4)CC2)ccc1OC. The van der Waals surface area contributed by atoms with Gasteiger partial charge >= 0.3 is 0 Å². The average Bonchev–Trinajstić information content (AvgIpc) is 3.26. The Kier molecular flexibility index (Phi) is 5.18. The number of ether oxygens (including phenoxy) is 2. The van der Waals surface area contributed by atoms with Gasteiger partial charge in [0.05, 0.1) is 13.7 Å². The molecule has 2 aliphatic carbocycles. The van der Waals surface area contributed by atoms with Crippen LogP contribution in [0, 0.1) is 11.8 Å². The molecule has 1 aromatic carbocycles. The second-order valence-corrected chi connectivity index (χ2v) is 7.97. The number of piperazine rings is 1. The smallest absolute Gasteiger partial charge is 0.161 e. The highest BCUT2D eigenvalue weighted by Crippen LogP contribution is 2.46. The number of benzene rings is 1. The molecule has 4 heteroatoms. The van der Waals surface area contributed by atoms with Crippen LogP contribution in [0.5, 0.6) is 11.5 Å². The zero-order valence-corrected chi connectivity index (χ0v) is 15.7. The summed E-state index contributed by atoms with van der Waals surface area (Å²) in [4.78, 5) is 5.38. The fourth-order valence-corrected chi connectivity index (χ4v) is 5.26. The molecule has 0 aromatic heterocycles. The lowest BCUT2D eigenvalue weighted by Crippen LogP contribution is -2.51. The second-order valence-electron chi connectivity index (χ2n) is 7.97. The van der Waals surface area contributed by atoms with Gasteiger partial charge in [-0.1, -0.05) is 12.5 Å². The summed E-state index contributed by atoms with van der Waals surface area (Å²) in [5, 5.41) is 0. The molecule has 3 fully saturated rings. The fraction of sp³-hybridized carbons (Fsp3) is 0.714. The molecule has 4 rings (SSSR count). The van der Waals surface area contributed by atoms with Crippen molar-refractivity contribution >= 4 is 0 Å². The predicted molar refractivity (Wildman–Crippen MR) is 100 cm³/mol. The van der Waals surface area contributed by atoms with Crippen LogP contribution in [0.25, 0.3) is 0 Å². The summed E-state index contributed by atoms with van der Waals surface area (Å²) in [6.07, 6.45) is 5.97. The van der Waals surface area contributed by atoms with Gasteiger partial charge in [-0.2, -0.15) is 0 Å². The van der Waals surface area contributed by atoms with Gasteiger partial charge in [-0.15, -0.1) is 0 Å². The van der Waals surface area contributed by atoms with Gasteiger partial charge in [-0.25, -0.2) is 0 Å². The van der Waals surface area contributed by atoms with Crippen molar-refractivity contribution in [2.45, 2.75) is 45.2 Å². The summed E-state index contributed by atoms with van der Waals surface area (Å²) < 4.78 is 11.1. The van der Waals surface area contributed by atoms with E-state index in [-0.39, 0.29) is 0 Å². The third-order valence-electron chi connectivity index (χ3n) is 6.51. The Labute approximate surface area is 152 Å². The van der Waals surface area contributed by atoms with E-state index in [2.05, 4.69) is 21.9 Å². The van der Waals surface area contributed by atoms with E-state index in [0.29, 0.717) is 6.61 Å². The van der Waals surface area contributed by atoms with Gasteiger partial charge in [0.25, 0.3) is 0 Å². The predicted octanol–water partition coefficient (Wildman–Crippen LogP) is 3.40. The van der Waals surface area contributed by atoms with Crippen molar-refractivity contribution in [2.24, 2.45) is 11.8 Å². The number of nitrogens with zero attached hydrogens (tertiary/aromatic N) is 2. The maximum Gasteiger partial charge on any atom is 0.161 e. The first-order valence-electron chi connectivity index (χ1n) is 10.0. The molecule has 25 heavy (non-hydrogen) atoms. The molecular formula is C21H32N2O2. The molecule has 2 bridgehead atoms. The van der Waals surface area contributed by atoms with Gasteiger partial charge in [0.15, 0.2) is 11.5 Å². The van der Waals surface area contributed by atoms with Gasteiger partial charge in [0.2, 0.25) is 0 Å². The van der Waals surface area contributed by atoms with Crippen LogP contribution in [-0.4, -0.2) is 55.7 Å². The highest BCUT2D eigenvalue weighted by Gasteiger charge is 2.42. The molecule has 0 amide bonds. The summed E-state index contributed by atoms with van der Waals surface area (Å²) >= 11 is 0. The van der Waals surface area contributed by atoms with Gasteiger partial charge in [-0.3, -0.25) is 9.80 Å². The van der Waals surface area contributed by atoms with Crippen LogP contribution in [0.4, 0.5) is 0 Å². The lowest BCUT2D eigenvalue weighted by atomic mass is 9.93. The van der Waals surface area contributed by atoms with Crippen molar-refractivity contribution in [3.05, 3.63) is 23.8 Å². The Morgan fingerprint density at radius 2 is 1.88 bits per heavy atom. The maximum absolute atomic E-state index is 5.72. The van der Waals surface area contributed by atoms with E-state index in [1.165, 1.54) is 57.4 Å². The van der Waals surface area contributed by atoms with E-state index in [9.17, 15) is 0 Å². The monoisotopic (exact) mass is 344 g/mol. The zero-order chi connectivity index (χ0) is 17.2. The molecule has 3 aliphatic rings. The first kappa shape index (κ1) is 17.2. The summed E-state index contributed by atoms with van der Waals surface area (Å²) in [5.41, 5.74) is 1.32. The lowest BCUT2D eigenvalue weighted by molar-refractivity contribution is 0.0679. The average molecular weight is 344 g/mol. The standard InChI is InChI=1S/C21H32N2O2/c1-3-25-21-14-17(5-7-20(21)24-2)15-22-8-10-23(11-9-22)19-13-16-4-6-18(19)12-16/h5,7,14,16,18-19H,3-4,6,8-13,15H2,1-2H3/t16-,18+,19-/m0/s1. The zero-order valence-electron chi connectivity index (χ0n) is 15.7. The number of hydrogen-bond acceptors (Lipinski definition) is 4. The van der Waals surface area contributed by atoms with E-state index in [0.717, 1.165) is 35.9 Å². The van der Waals surface area contributed by atoms with Crippen LogP contribution in [0.3, 0.4) is 0 Å². The van der Waals surface area contributed by atoms with Crippen LogP contribution in [0.2, 0.25) is 0 Å². The highest BCUT2D eigenvalue weighted by atomic mass is 16.5. The minimum atomic E-state index is 0.669. The molecule has 1 saturated heterocycles. The summed E-state index contributed by atoms with van der Waals surface area (Å²) in [6.45, 7) is 8.54. The van der Waals surface area contributed by atoms with Gasteiger partial charge in [-0.05, 0) is 55.7 Å². The summed E-state index contributed by atoms with van der Waals surface area (Å²) in [6, 6.07) is 7.24. The van der Waals surface area contributed by atoms with E-state index < -0.39 is 0 Å². The van der Waals surface area contributed by atoms with Gasteiger partial charge < -0.3 is 9.47 Å². The molecule has 4 nitrogen and oxygen atoms in total. The Morgan fingerprint density at radius 3 is 2.52 bits per heavy atom. The molecule has 0 N–H and O–H groups in total. The van der Waals surface area contributed by atoms with Crippen molar-refractivity contribution in [2.75, 3.05) is 39.9 Å². The van der Waals surface area contributed by atoms with Crippen LogP contribution in [0.15, 0.2) is 18.2 Å². The highest BCUT2D eigenvalue weighted by molar-refractivity contribution is 5.43. The third kappa shape index (κ3) is 3.65. The Balaban J connectivity index is 1.32. The van der Waals surface area contributed by atoms with Crippen LogP contribution in [-0.2, 0) is 6.54 Å². The first-order chi connectivity index (χ1) is 12.3. The lowest BCUT2D eigenvalue weighted by Gasteiger charge is -2.41. The molecule has 1 heterocycles. The van der Waals surface area contributed by atoms with Crippen LogP contribution < -0.4 is 9.47 Å². The number of fused-ring (bicyclic) bond motifs is 2. The second kappa shape index (κ2) is 7.55. The van der Waals surface area contributed by atoms with Crippen LogP contribution >= 0.6 is 0 Å². The third-order valence-corrected chi connectivity index (χ3v) is 6.51. The van der Waals surface area contributed by atoms with Gasteiger partial charge in [0, 0.05) is 38.8 Å². The first-order valence-corrected chi connectivity index (χ1v) is 10.0. The minimum absolute atomic E-state index is 0.669. The molecule has 0 radical (unpaired) electrons. The summed E-state index contributed by atoms with van der Waals surface area (Å²) in [5.74, 6) is 3.74. The van der Waals surface area contributed by atoms with Crippen molar-refractivity contribution < 1.29 is 9.47 Å². The number of methoxy groups -OCH3 is 1. The maximum atomic E-state index is 5.72. The van der Waals surface area contributed by atoms with Crippen molar-refractivity contribution in [3.8, 4) is 11.5 Å². The Hall–Kier alpha value is -1.26. The summed E-state index contributed by atoms with van der Waals surface area (Å²) in [7, 11) is 1.70. The molecule has 0 unspecified atom stereocenters. The Bertz CT molecular complexity index is 583. The topological polar surface area (TPSA) is 24.9 Å². The van der Waals surface area contributed by atoms with E-state index in [4.69, 9.17) is 9.47 Å². The molecular weight excluding hydrogens is 312 g/mol. The largest absolute Gasteiger partial charge is 0.493 e. The quantitative estimate of drug-likeness (QED) is 0.790. The molecule has 1 aliphatic heterocycles. The molecule has 138 valence electrons. The normalized spacial score (nSPS) is 29.9. The molecule has 1 aromatic rings. The van der Waals surface area contributed by atoms with E-state index in [1.807, 2.05) is 13.0 Å². The number of hydrogen-bond donors (Lipinski definition) is 0.